The third-order valence-electron chi connectivity index (χ3n) is 6.59. The molecule has 3 heterocycles. The predicted octanol–water partition coefficient (Wildman–Crippen LogP) is 3.64. The van der Waals surface area contributed by atoms with Crippen molar-refractivity contribution in [1.82, 2.24) is 19.3 Å². The average molecular weight is 468 g/mol. The molecular formula is C24H29N5O3S. The van der Waals surface area contributed by atoms with E-state index in [4.69, 9.17) is 5.73 Å². The van der Waals surface area contributed by atoms with Gasteiger partial charge in [0.2, 0.25) is 10.0 Å². The van der Waals surface area contributed by atoms with Crippen LogP contribution in [0.2, 0.25) is 0 Å². The molecule has 0 aromatic carbocycles. The highest BCUT2D eigenvalue weighted by molar-refractivity contribution is 7.89. The lowest BCUT2D eigenvalue weighted by Gasteiger charge is -2.39. The van der Waals surface area contributed by atoms with Crippen LogP contribution in [0, 0.1) is 11.8 Å². The Morgan fingerprint density at radius 2 is 1.88 bits per heavy atom. The summed E-state index contributed by atoms with van der Waals surface area (Å²) in [5, 5.41) is 0.703. The number of nitrogens with one attached hydrogen (secondary N) is 1. The van der Waals surface area contributed by atoms with Crippen LogP contribution in [0.15, 0.2) is 41.6 Å². The Morgan fingerprint density at radius 3 is 2.42 bits per heavy atom. The normalized spacial score (nSPS) is 21.2. The molecule has 8 nitrogen and oxygen atoms in total. The van der Waals surface area contributed by atoms with Crippen LogP contribution in [0.3, 0.4) is 0 Å². The Labute approximate surface area is 193 Å². The molecule has 0 aliphatic heterocycles. The zero-order chi connectivity index (χ0) is 23.5. The summed E-state index contributed by atoms with van der Waals surface area (Å²) >= 11 is 0. The molecule has 2 saturated carbocycles. The fraction of sp³-hybridized carbons (Fsp3) is 0.458. The molecule has 2 atom stereocenters. The number of primary amides is 1. The van der Waals surface area contributed by atoms with Gasteiger partial charge < -0.3 is 10.3 Å². The first-order valence-corrected chi connectivity index (χ1v) is 12.8. The molecule has 3 aromatic rings. The van der Waals surface area contributed by atoms with Gasteiger partial charge in [-0.1, -0.05) is 0 Å². The Balaban J connectivity index is 1.65. The Hall–Kier alpha value is -2.78. The fourth-order valence-corrected chi connectivity index (χ4v) is 6.37. The van der Waals surface area contributed by atoms with E-state index in [0.29, 0.717) is 28.3 Å². The van der Waals surface area contributed by atoms with Crippen LogP contribution in [0.5, 0.6) is 0 Å². The number of aromatic nitrogens is 3. The van der Waals surface area contributed by atoms with Crippen molar-refractivity contribution in [3.8, 4) is 11.4 Å². The smallest absolute Gasteiger partial charge is 0.251 e. The third kappa shape index (κ3) is 3.93. The van der Waals surface area contributed by atoms with E-state index in [1.165, 1.54) is 25.1 Å². The van der Waals surface area contributed by atoms with Crippen molar-refractivity contribution in [2.45, 2.75) is 62.9 Å². The highest BCUT2D eigenvalue weighted by atomic mass is 32.2. The van der Waals surface area contributed by atoms with Gasteiger partial charge in [0.15, 0.2) is 0 Å². The molecule has 1 amide bonds. The zero-order valence-corrected chi connectivity index (χ0v) is 19.9. The number of carbonyl (C=O) groups excluding carboxylic acids is 1. The first-order valence-electron chi connectivity index (χ1n) is 11.4. The SMILES string of the molecule is CC(C)(C)NS(=O)(=O)c1ccc(-c2c(C(N)=O)c3cccnc3n2C2CCC2C2CC2)nc1. The van der Waals surface area contributed by atoms with Crippen LogP contribution >= 0.6 is 0 Å². The molecule has 9 heteroatoms. The van der Waals surface area contributed by atoms with Crippen molar-refractivity contribution >= 4 is 27.0 Å². The van der Waals surface area contributed by atoms with Crippen molar-refractivity contribution in [3.63, 3.8) is 0 Å². The van der Waals surface area contributed by atoms with Crippen molar-refractivity contribution < 1.29 is 13.2 Å². The maximum absolute atomic E-state index is 12.7. The van der Waals surface area contributed by atoms with Crippen LogP contribution in [-0.2, 0) is 10.0 Å². The predicted molar refractivity (Wildman–Crippen MR) is 126 cm³/mol. The second-order valence-corrected chi connectivity index (χ2v) is 11.9. The molecule has 3 aromatic heterocycles. The number of carbonyl (C=O) groups is 1. The number of rotatable bonds is 6. The monoisotopic (exact) mass is 467 g/mol. The molecule has 2 aliphatic carbocycles. The minimum absolute atomic E-state index is 0.0714. The zero-order valence-electron chi connectivity index (χ0n) is 19.1. The van der Waals surface area contributed by atoms with Gasteiger partial charge in [0.25, 0.3) is 5.91 Å². The topological polar surface area (TPSA) is 120 Å². The molecule has 33 heavy (non-hydrogen) atoms. The standard InChI is InChI=1S/C24H29N5O3S/c1-24(2,3)28-33(31,32)15-8-10-18(27-13-15)21-20(22(25)30)17-5-4-12-26-23(17)29(21)19-11-9-16(19)14-6-7-14/h4-5,8,10,12-14,16,19,28H,6-7,9,11H2,1-3H3,(H2,25,30). The van der Waals surface area contributed by atoms with Gasteiger partial charge >= 0.3 is 0 Å². The second-order valence-electron chi connectivity index (χ2n) is 10.2. The van der Waals surface area contributed by atoms with Gasteiger partial charge in [-0.15, -0.1) is 0 Å². The van der Waals surface area contributed by atoms with E-state index in [9.17, 15) is 13.2 Å². The number of fused-ring (bicyclic) bond motifs is 1. The number of nitrogens with zero attached hydrogens (tertiary/aromatic N) is 3. The number of hydrogen-bond acceptors (Lipinski definition) is 5. The summed E-state index contributed by atoms with van der Waals surface area (Å²) in [6.07, 6.45) is 7.72. The van der Waals surface area contributed by atoms with E-state index in [0.717, 1.165) is 24.4 Å². The molecule has 5 rings (SSSR count). The van der Waals surface area contributed by atoms with Crippen LogP contribution < -0.4 is 10.5 Å². The van der Waals surface area contributed by atoms with Gasteiger partial charge in [0.05, 0.1) is 17.0 Å². The molecule has 2 unspecified atom stereocenters. The number of nitrogens with two attached hydrogens (primary N) is 1. The molecule has 3 N–H and O–H groups in total. The van der Waals surface area contributed by atoms with Crippen molar-refractivity contribution in [3.05, 3.63) is 42.2 Å². The van der Waals surface area contributed by atoms with E-state index in [1.807, 2.05) is 6.07 Å². The van der Waals surface area contributed by atoms with Crippen molar-refractivity contribution in [1.29, 1.82) is 0 Å². The van der Waals surface area contributed by atoms with Gasteiger partial charge in [0.1, 0.15) is 10.5 Å². The van der Waals surface area contributed by atoms with Gasteiger partial charge in [-0.2, -0.15) is 0 Å². The molecule has 0 bridgehead atoms. The van der Waals surface area contributed by atoms with E-state index in [1.54, 1.807) is 39.1 Å². The van der Waals surface area contributed by atoms with Crippen LogP contribution in [0.4, 0.5) is 0 Å². The summed E-state index contributed by atoms with van der Waals surface area (Å²) in [5.41, 5.74) is 7.49. The summed E-state index contributed by atoms with van der Waals surface area (Å²) in [4.78, 5) is 21.8. The number of hydrogen-bond donors (Lipinski definition) is 2. The van der Waals surface area contributed by atoms with E-state index in [2.05, 4.69) is 19.3 Å². The first kappa shape index (κ1) is 22.0. The van der Waals surface area contributed by atoms with Gasteiger partial charge in [-0.25, -0.2) is 18.1 Å². The number of sulfonamides is 1. The molecule has 174 valence electrons. The Morgan fingerprint density at radius 1 is 1.12 bits per heavy atom. The Bertz CT molecular complexity index is 1330. The summed E-state index contributed by atoms with van der Waals surface area (Å²) in [7, 11) is -3.72. The fourth-order valence-electron chi connectivity index (χ4n) is 5.01. The van der Waals surface area contributed by atoms with Gasteiger partial charge in [-0.3, -0.25) is 9.78 Å². The van der Waals surface area contributed by atoms with Crippen LogP contribution in [0.1, 0.15) is 62.9 Å². The van der Waals surface area contributed by atoms with Crippen LogP contribution in [0.25, 0.3) is 22.4 Å². The maximum Gasteiger partial charge on any atom is 0.251 e. The second kappa shape index (κ2) is 7.63. The quantitative estimate of drug-likeness (QED) is 0.573. The van der Waals surface area contributed by atoms with E-state index < -0.39 is 21.5 Å². The molecule has 0 radical (unpaired) electrons. The molecule has 2 fully saturated rings. The molecule has 0 spiro atoms. The largest absolute Gasteiger partial charge is 0.366 e. The van der Waals surface area contributed by atoms with Crippen LogP contribution in [-0.4, -0.2) is 34.4 Å². The number of amides is 1. The summed E-state index contributed by atoms with van der Waals surface area (Å²) in [6.45, 7) is 5.35. The van der Waals surface area contributed by atoms with E-state index in [-0.39, 0.29) is 10.9 Å². The average Bonchev–Trinajstić information content (AvgIpc) is 3.46. The lowest BCUT2D eigenvalue weighted by Crippen LogP contribution is -2.40. The van der Waals surface area contributed by atoms with E-state index >= 15 is 0 Å². The number of pyridine rings is 2. The lowest BCUT2D eigenvalue weighted by atomic mass is 9.76. The minimum atomic E-state index is -3.72. The third-order valence-corrected chi connectivity index (χ3v) is 8.33. The highest BCUT2D eigenvalue weighted by Crippen LogP contribution is 2.54. The van der Waals surface area contributed by atoms with Gasteiger partial charge in [0, 0.05) is 29.4 Å². The van der Waals surface area contributed by atoms with Crippen molar-refractivity contribution in [2.75, 3.05) is 0 Å². The minimum Gasteiger partial charge on any atom is -0.366 e. The van der Waals surface area contributed by atoms with Crippen molar-refractivity contribution in [2.24, 2.45) is 17.6 Å². The first-order chi connectivity index (χ1) is 15.6. The lowest BCUT2D eigenvalue weighted by molar-refractivity contribution is 0.100. The maximum atomic E-state index is 12.7. The molecule has 2 aliphatic rings. The summed E-state index contributed by atoms with van der Waals surface area (Å²) in [5.74, 6) is 0.730. The molecular weight excluding hydrogens is 438 g/mol. The van der Waals surface area contributed by atoms with Gasteiger partial charge in [-0.05, 0) is 82.6 Å². The highest BCUT2D eigenvalue weighted by Gasteiger charge is 2.45. The molecule has 0 saturated heterocycles. The summed E-state index contributed by atoms with van der Waals surface area (Å²) in [6, 6.07) is 7.06. The Kier molecular flexibility index (Phi) is 5.10. The summed E-state index contributed by atoms with van der Waals surface area (Å²) < 4.78 is 30.2.